The molecule has 0 aliphatic heterocycles. The molecule has 0 amide bonds. The molecule has 0 radical (unpaired) electrons. The molecule has 0 spiro atoms. The first-order valence-electron chi connectivity index (χ1n) is 7.99. The molecule has 0 heterocycles. The van der Waals surface area contributed by atoms with Crippen LogP contribution in [-0.4, -0.2) is 0 Å². The van der Waals surface area contributed by atoms with Gasteiger partial charge in [-0.15, -0.1) is 0 Å². The summed E-state index contributed by atoms with van der Waals surface area (Å²) in [4.78, 5) is 0. The fraction of sp³-hybridized carbons (Fsp3) is 0.500. The third-order valence-corrected chi connectivity index (χ3v) is 5.38. The van der Waals surface area contributed by atoms with E-state index in [9.17, 15) is 0 Å². The summed E-state index contributed by atoms with van der Waals surface area (Å²) in [6.45, 7) is 13.7. The van der Waals surface area contributed by atoms with Crippen molar-refractivity contribution in [3.63, 3.8) is 0 Å². The fourth-order valence-electron chi connectivity index (χ4n) is 4.13. The van der Waals surface area contributed by atoms with Crippen LogP contribution in [0.1, 0.15) is 50.3 Å². The second kappa shape index (κ2) is 4.91. The minimum atomic E-state index is 0.687. The highest BCUT2D eigenvalue weighted by Crippen LogP contribution is 2.50. The van der Waals surface area contributed by atoms with E-state index in [1.54, 1.807) is 5.57 Å². The molecule has 0 fully saturated rings. The van der Waals surface area contributed by atoms with Gasteiger partial charge in [-0.2, -0.15) is 0 Å². The molecular weight excluding hydrogens is 240 g/mol. The molecule has 0 heteroatoms. The molecular formula is C20H26. The number of hydrogen-bond acceptors (Lipinski definition) is 0. The Balaban J connectivity index is 2.16. The van der Waals surface area contributed by atoms with Crippen LogP contribution in [0.15, 0.2) is 30.9 Å². The zero-order valence-corrected chi connectivity index (χ0v) is 13.2. The lowest BCUT2D eigenvalue weighted by Gasteiger charge is -2.40. The standard InChI is InChI=1S/C20H26/c1-12(2)16-9-14(4)18-10-15(5)20-13(3)7-6-8-17(20)19(18)11-16/h6-8,11-12,14,16,18H,5,9-10H2,1-4H3. The van der Waals surface area contributed by atoms with E-state index in [2.05, 4.69) is 58.5 Å². The summed E-state index contributed by atoms with van der Waals surface area (Å²) < 4.78 is 0. The van der Waals surface area contributed by atoms with Crippen LogP contribution in [0.4, 0.5) is 0 Å². The minimum Gasteiger partial charge on any atom is -0.0952 e. The molecule has 3 rings (SSSR count). The van der Waals surface area contributed by atoms with E-state index in [1.165, 1.54) is 28.7 Å². The van der Waals surface area contributed by atoms with Crippen LogP contribution in [-0.2, 0) is 0 Å². The summed E-state index contributed by atoms with van der Waals surface area (Å²) in [7, 11) is 0. The summed E-state index contributed by atoms with van der Waals surface area (Å²) in [5.41, 5.74) is 7.21. The van der Waals surface area contributed by atoms with Gasteiger partial charge in [0.2, 0.25) is 0 Å². The Morgan fingerprint density at radius 1 is 1.25 bits per heavy atom. The normalized spacial score (nSPS) is 28.9. The van der Waals surface area contributed by atoms with Gasteiger partial charge >= 0.3 is 0 Å². The number of aryl methyl sites for hydroxylation is 1. The number of benzene rings is 1. The Bertz CT molecular complexity index is 574. The maximum Gasteiger partial charge on any atom is -0.00925 e. The van der Waals surface area contributed by atoms with Crippen molar-refractivity contribution in [1.82, 2.24) is 0 Å². The van der Waals surface area contributed by atoms with E-state index in [-0.39, 0.29) is 0 Å². The fourth-order valence-corrected chi connectivity index (χ4v) is 4.13. The van der Waals surface area contributed by atoms with Gasteiger partial charge < -0.3 is 0 Å². The van der Waals surface area contributed by atoms with Crippen LogP contribution in [0.5, 0.6) is 0 Å². The Hall–Kier alpha value is -1.30. The van der Waals surface area contributed by atoms with Crippen molar-refractivity contribution >= 4 is 11.1 Å². The third-order valence-electron chi connectivity index (χ3n) is 5.38. The Morgan fingerprint density at radius 2 is 2.00 bits per heavy atom. The van der Waals surface area contributed by atoms with Gasteiger partial charge in [-0.25, -0.2) is 0 Å². The molecule has 3 unspecified atom stereocenters. The summed E-state index contributed by atoms with van der Waals surface area (Å²) in [6.07, 6.45) is 5.07. The maximum atomic E-state index is 4.37. The lowest BCUT2D eigenvalue weighted by molar-refractivity contribution is 0.300. The number of fused-ring (bicyclic) bond motifs is 3. The largest absolute Gasteiger partial charge is 0.0952 e. The van der Waals surface area contributed by atoms with Crippen LogP contribution in [0.3, 0.4) is 0 Å². The quantitative estimate of drug-likeness (QED) is 0.609. The SMILES string of the molecule is C=C1CC2C(=CC(C(C)C)CC2C)c2cccc(C)c21. The topological polar surface area (TPSA) is 0 Å². The molecule has 0 saturated carbocycles. The van der Waals surface area contributed by atoms with E-state index < -0.39 is 0 Å². The minimum absolute atomic E-state index is 0.687. The number of hydrogen-bond donors (Lipinski definition) is 0. The van der Waals surface area contributed by atoms with E-state index >= 15 is 0 Å². The Morgan fingerprint density at radius 3 is 2.70 bits per heavy atom. The van der Waals surface area contributed by atoms with Crippen LogP contribution in [0.25, 0.3) is 11.1 Å². The Kier molecular flexibility index (Phi) is 3.36. The number of rotatable bonds is 1. The summed E-state index contributed by atoms with van der Waals surface area (Å²) in [6, 6.07) is 6.73. The van der Waals surface area contributed by atoms with Gasteiger partial charge in [0.1, 0.15) is 0 Å². The van der Waals surface area contributed by atoms with Gasteiger partial charge in [0, 0.05) is 0 Å². The van der Waals surface area contributed by atoms with Crippen molar-refractivity contribution in [2.75, 3.05) is 0 Å². The maximum absolute atomic E-state index is 4.37. The summed E-state index contributed by atoms with van der Waals surface area (Å²) in [5, 5.41) is 0. The van der Waals surface area contributed by atoms with Crippen molar-refractivity contribution < 1.29 is 0 Å². The molecule has 1 aromatic carbocycles. The molecule has 3 atom stereocenters. The lowest BCUT2D eigenvalue weighted by Crippen LogP contribution is -2.27. The molecule has 20 heavy (non-hydrogen) atoms. The molecule has 0 saturated heterocycles. The van der Waals surface area contributed by atoms with E-state index in [0.717, 1.165) is 24.2 Å². The average Bonchev–Trinajstić information content (AvgIpc) is 2.39. The lowest BCUT2D eigenvalue weighted by atomic mass is 9.64. The van der Waals surface area contributed by atoms with E-state index in [0.29, 0.717) is 5.92 Å². The highest BCUT2D eigenvalue weighted by molar-refractivity contribution is 5.86. The summed E-state index contributed by atoms with van der Waals surface area (Å²) in [5.74, 6) is 2.93. The first-order chi connectivity index (χ1) is 9.49. The van der Waals surface area contributed by atoms with Crippen LogP contribution >= 0.6 is 0 Å². The van der Waals surface area contributed by atoms with E-state index in [4.69, 9.17) is 0 Å². The Labute approximate surface area is 123 Å². The van der Waals surface area contributed by atoms with Gasteiger partial charge in [-0.05, 0) is 71.3 Å². The highest BCUT2D eigenvalue weighted by atomic mass is 14.4. The van der Waals surface area contributed by atoms with Gasteiger partial charge in [0.25, 0.3) is 0 Å². The molecule has 0 nitrogen and oxygen atoms in total. The smallest absolute Gasteiger partial charge is 0.00925 e. The second-order valence-electron chi connectivity index (χ2n) is 7.15. The van der Waals surface area contributed by atoms with Crippen molar-refractivity contribution in [1.29, 1.82) is 0 Å². The van der Waals surface area contributed by atoms with E-state index in [1.807, 2.05) is 0 Å². The van der Waals surface area contributed by atoms with Crippen LogP contribution in [0, 0.1) is 30.6 Å². The average molecular weight is 266 g/mol. The number of allylic oxidation sites excluding steroid dienone is 3. The van der Waals surface area contributed by atoms with Crippen molar-refractivity contribution in [2.24, 2.45) is 23.7 Å². The van der Waals surface area contributed by atoms with Gasteiger partial charge in [0.15, 0.2) is 0 Å². The molecule has 0 bridgehead atoms. The highest BCUT2D eigenvalue weighted by Gasteiger charge is 2.35. The zero-order valence-electron chi connectivity index (χ0n) is 13.2. The van der Waals surface area contributed by atoms with Crippen molar-refractivity contribution in [3.8, 4) is 0 Å². The first-order valence-corrected chi connectivity index (χ1v) is 7.99. The molecule has 106 valence electrons. The zero-order chi connectivity index (χ0) is 14.4. The monoisotopic (exact) mass is 266 g/mol. The van der Waals surface area contributed by atoms with Crippen LogP contribution in [0.2, 0.25) is 0 Å². The second-order valence-corrected chi connectivity index (χ2v) is 7.15. The van der Waals surface area contributed by atoms with Gasteiger partial charge in [0.05, 0.1) is 0 Å². The third kappa shape index (κ3) is 2.06. The van der Waals surface area contributed by atoms with Crippen LogP contribution < -0.4 is 0 Å². The van der Waals surface area contributed by atoms with Gasteiger partial charge in [-0.1, -0.05) is 51.6 Å². The molecule has 0 N–H and O–H groups in total. The van der Waals surface area contributed by atoms with Gasteiger partial charge in [-0.3, -0.25) is 0 Å². The first kappa shape index (κ1) is 13.7. The van der Waals surface area contributed by atoms with Crippen molar-refractivity contribution in [2.45, 2.75) is 40.5 Å². The molecule has 2 aliphatic rings. The molecule has 0 aromatic heterocycles. The molecule has 2 aliphatic carbocycles. The predicted octanol–water partition coefficient (Wildman–Crippen LogP) is 5.72. The predicted molar refractivity (Wildman–Crippen MR) is 88.4 cm³/mol. The summed E-state index contributed by atoms with van der Waals surface area (Å²) >= 11 is 0. The molecule has 1 aromatic rings. The van der Waals surface area contributed by atoms with Crippen molar-refractivity contribution in [3.05, 3.63) is 47.5 Å².